The van der Waals surface area contributed by atoms with Crippen LogP contribution in [0.15, 0.2) is 63.0 Å². The molecule has 2 N–H and O–H groups in total. The average molecular weight is 464 g/mol. The molecule has 0 bridgehead atoms. The van der Waals surface area contributed by atoms with Gasteiger partial charge in [-0.1, -0.05) is 15.9 Å². The standard InChI is InChI=1S/C19H18BrN3O4S/c20-14-6-10-18(11-7-14)28(26,27)23-15-8-4-13(5-9-15)19(25)22-21-16-2-1-3-17(24)12-16/h4-11,23H,1-3,12H2,(H,22,25)/b21-16-. The largest absolute Gasteiger partial charge is 0.299 e. The molecule has 0 aromatic heterocycles. The maximum Gasteiger partial charge on any atom is 0.271 e. The van der Waals surface area contributed by atoms with Gasteiger partial charge < -0.3 is 0 Å². The van der Waals surface area contributed by atoms with Gasteiger partial charge in [0.15, 0.2) is 0 Å². The molecule has 3 rings (SSSR count). The van der Waals surface area contributed by atoms with Crippen LogP contribution in [0.25, 0.3) is 0 Å². The fourth-order valence-corrected chi connectivity index (χ4v) is 4.02. The van der Waals surface area contributed by atoms with Gasteiger partial charge in [0.2, 0.25) is 0 Å². The van der Waals surface area contributed by atoms with Crippen LogP contribution < -0.4 is 10.1 Å². The van der Waals surface area contributed by atoms with Gasteiger partial charge in [0.1, 0.15) is 5.78 Å². The molecule has 1 fully saturated rings. The lowest BCUT2D eigenvalue weighted by Crippen LogP contribution is -2.22. The van der Waals surface area contributed by atoms with Crippen LogP contribution in [0.3, 0.4) is 0 Å². The van der Waals surface area contributed by atoms with Crippen LogP contribution in [0.1, 0.15) is 36.0 Å². The monoisotopic (exact) mass is 463 g/mol. The fraction of sp³-hybridized carbons (Fsp3) is 0.211. The number of rotatable bonds is 5. The minimum atomic E-state index is -3.72. The van der Waals surface area contributed by atoms with Gasteiger partial charge in [-0.2, -0.15) is 5.10 Å². The molecular weight excluding hydrogens is 446 g/mol. The lowest BCUT2D eigenvalue weighted by atomic mass is 9.97. The molecule has 0 aliphatic heterocycles. The van der Waals surface area contributed by atoms with Crippen molar-refractivity contribution >= 4 is 49.0 Å². The lowest BCUT2D eigenvalue weighted by Gasteiger charge is -2.11. The number of amides is 1. The maximum atomic E-state index is 12.4. The highest BCUT2D eigenvalue weighted by molar-refractivity contribution is 9.10. The first kappa shape index (κ1) is 20.2. The molecule has 1 amide bonds. The van der Waals surface area contributed by atoms with E-state index in [-0.39, 0.29) is 17.1 Å². The van der Waals surface area contributed by atoms with E-state index in [2.05, 4.69) is 31.2 Å². The maximum absolute atomic E-state index is 12.4. The molecule has 0 spiro atoms. The molecule has 0 saturated heterocycles. The van der Waals surface area contributed by atoms with Crippen molar-refractivity contribution in [1.82, 2.24) is 5.43 Å². The second kappa shape index (κ2) is 8.66. The van der Waals surface area contributed by atoms with Gasteiger partial charge in [-0.3, -0.25) is 14.3 Å². The molecule has 0 unspecified atom stereocenters. The number of nitrogens with zero attached hydrogens (tertiary/aromatic N) is 1. The van der Waals surface area contributed by atoms with Crippen LogP contribution in [0.4, 0.5) is 5.69 Å². The van der Waals surface area contributed by atoms with Crippen molar-refractivity contribution < 1.29 is 18.0 Å². The molecule has 0 radical (unpaired) electrons. The summed E-state index contributed by atoms with van der Waals surface area (Å²) < 4.78 is 28.0. The number of hydrogen-bond donors (Lipinski definition) is 2. The van der Waals surface area contributed by atoms with Gasteiger partial charge in [0.05, 0.1) is 4.90 Å². The van der Waals surface area contributed by atoms with Crippen LogP contribution in [-0.2, 0) is 14.8 Å². The van der Waals surface area contributed by atoms with Gasteiger partial charge in [-0.05, 0) is 61.4 Å². The molecule has 7 nitrogen and oxygen atoms in total. The van der Waals surface area contributed by atoms with Crippen molar-refractivity contribution in [3.63, 3.8) is 0 Å². The van der Waals surface area contributed by atoms with Gasteiger partial charge in [0.25, 0.3) is 15.9 Å². The Kier molecular flexibility index (Phi) is 6.25. The molecule has 0 heterocycles. The van der Waals surface area contributed by atoms with E-state index in [4.69, 9.17) is 0 Å². The molecular formula is C19H18BrN3O4S. The highest BCUT2D eigenvalue weighted by Gasteiger charge is 2.16. The van der Waals surface area contributed by atoms with Crippen molar-refractivity contribution in [2.45, 2.75) is 30.6 Å². The second-order valence-corrected chi connectivity index (χ2v) is 8.92. The summed E-state index contributed by atoms with van der Waals surface area (Å²) in [6, 6.07) is 12.3. The van der Waals surface area contributed by atoms with E-state index in [1.165, 1.54) is 36.4 Å². The average Bonchev–Trinajstić information content (AvgIpc) is 2.67. The van der Waals surface area contributed by atoms with Gasteiger partial charge in [-0.15, -0.1) is 0 Å². The first-order valence-electron chi connectivity index (χ1n) is 8.59. The SMILES string of the molecule is O=C1CCC/C(=N/NC(=O)c2ccc(NS(=O)(=O)c3ccc(Br)cc3)cc2)C1. The number of benzene rings is 2. The third-order valence-corrected chi connectivity index (χ3v) is 6.09. The van der Waals surface area contributed by atoms with Crippen LogP contribution >= 0.6 is 15.9 Å². The smallest absolute Gasteiger partial charge is 0.271 e. The number of sulfonamides is 1. The Balaban J connectivity index is 1.64. The van der Waals surface area contributed by atoms with Gasteiger partial charge >= 0.3 is 0 Å². The van der Waals surface area contributed by atoms with Crippen LogP contribution in [0.5, 0.6) is 0 Å². The fourth-order valence-electron chi connectivity index (χ4n) is 2.70. The third-order valence-electron chi connectivity index (χ3n) is 4.16. The second-order valence-electron chi connectivity index (χ2n) is 6.32. The number of carbonyl (C=O) groups is 2. The number of Topliss-reactive ketones (excluding diaryl/α,β-unsaturated/α-hetero) is 1. The van der Waals surface area contributed by atoms with Crippen molar-refractivity contribution in [3.05, 3.63) is 58.6 Å². The summed E-state index contributed by atoms with van der Waals surface area (Å²) in [6.45, 7) is 0. The Morgan fingerprint density at radius 3 is 2.32 bits per heavy atom. The topological polar surface area (TPSA) is 105 Å². The number of ketones is 1. The molecule has 1 aliphatic carbocycles. The molecule has 28 heavy (non-hydrogen) atoms. The molecule has 1 aliphatic rings. The van der Waals surface area contributed by atoms with Crippen molar-refractivity contribution in [2.24, 2.45) is 5.10 Å². The first-order chi connectivity index (χ1) is 13.3. The summed E-state index contributed by atoms with van der Waals surface area (Å²) in [4.78, 5) is 23.7. The zero-order valence-corrected chi connectivity index (χ0v) is 17.2. The molecule has 9 heteroatoms. The van der Waals surface area contributed by atoms with E-state index in [1.54, 1.807) is 12.1 Å². The summed E-state index contributed by atoms with van der Waals surface area (Å²) in [5.41, 5.74) is 3.78. The first-order valence-corrected chi connectivity index (χ1v) is 10.9. The zero-order chi connectivity index (χ0) is 20.1. The molecule has 2 aromatic rings. The quantitative estimate of drug-likeness (QED) is 0.661. The summed E-state index contributed by atoms with van der Waals surface area (Å²) in [7, 11) is -3.72. The van der Waals surface area contributed by atoms with Crippen molar-refractivity contribution in [1.29, 1.82) is 0 Å². The Morgan fingerprint density at radius 2 is 1.68 bits per heavy atom. The van der Waals surface area contributed by atoms with Crippen LogP contribution in [0.2, 0.25) is 0 Å². The number of carbonyl (C=O) groups excluding carboxylic acids is 2. The highest BCUT2D eigenvalue weighted by atomic mass is 79.9. The minimum Gasteiger partial charge on any atom is -0.299 e. The minimum absolute atomic E-state index is 0.127. The van der Waals surface area contributed by atoms with Gasteiger partial charge in [-0.25, -0.2) is 13.8 Å². The molecule has 1 saturated carbocycles. The number of hydrogen-bond acceptors (Lipinski definition) is 5. The van der Waals surface area contributed by atoms with E-state index in [0.717, 1.165) is 10.9 Å². The van der Waals surface area contributed by atoms with Crippen LogP contribution in [-0.4, -0.2) is 25.8 Å². The lowest BCUT2D eigenvalue weighted by molar-refractivity contribution is -0.118. The predicted molar refractivity (Wildman–Crippen MR) is 110 cm³/mol. The molecule has 0 atom stereocenters. The Hall–Kier alpha value is -2.52. The molecule has 2 aromatic carbocycles. The van der Waals surface area contributed by atoms with E-state index in [0.29, 0.717) is 29.8 Å². The summed E-state index contributed by atoms with van der Waals surface area (Å²) in [5.74, 6) is -0.297. The van der Waals surface area contributed by atoms with Crippen molar-refractivity contribution in [3.8, 4) is 0 Å². The zero-order valence-electron chi connectivity index (χ0n) is 14.8. The van der Waals surface area contributed by atoms with Crippen LogP contribution in [0, 0.1) is 0 Å². The Labute approximate surface area is 171 Å². The Bertz CT molecular complexity index is 1020. The summed E-state index contributed by atoms with van der Waals surface area (Å²) in [5, 5.41) is 4.02. The van der Waals surface area contributed by atoms with E-state index in [9.17, 15) is 18.0 Å². The van der Waals surface area contributed by atoms with E-state index in [1.807, 2.05) is 0 Å². The number of nitrogens with one attached hydrogen (secondary N) is 2. The predicted octanol–water partition coefficient (Wildman–Crippen LogP) is 3.48. The van der Waals surface area contributed by atoms with E-state index >= 15 is 0 Å². The Morgan fingerprint density at radius 1 is 1.00 bits per heavy atom. The summed E-state index contributed by atoms with van der Waals surface area (Å²) >= 11 is 3.26. The number of hydrazone groups is 1. The number of anilines is 1. The normalized spacial score (nSPS) is 16.0. The van der Waals surface area contributed by atoms with E-state index < -0.39 is 15.9 Å². The molecule has 146 valence electrons. The summed E-state index contributed by atoms with van der Waals surface area (Å²) in [6.07, 6.45) is 2.28. The van der Waals surface area contributed by atoms with Crippen molar-refractivity contribution in [2.75, 3.05) is 4.72 Å². The van der Waals surface area contributed by atoms with Gasteiger partial charge in [0, 0.05) is 34.3 Å². The number of halogens is 1. The third kappa shape index (κ3) is 5.26. The highest BCUT2D eigenvalue weighted by Crippen LogP contribution is 2.19.